The fraction of sp³-hybridized carbons (Fsp3) is 0.381. The molecular formula is C21H24Cl2N2O3. The van der Waals surface area contributed by atoms with Crippen LogP contribution in [0.15, 0.2) is 36.4 Å². The summed E-state index contributed by atoms with van der Waals surface area (Å²) in [5, 5.41) is 0.851. The van der Waals surface area contributed by atoms with Crippen LogP contribution in [0, 0.1) is 5.92 Å². The van der Waals surface area contributed by atoms with E-state index in [9.17, 15) is 4.79 Å². The minimum atomic E-state index is -0.301. The minimum Gasteiger partial charge on any atom is -0.497 e. The molecule has 2 unspecified atom stereocenters. The van der Waals surface area contributed by atoms with Gasteiger partial charge in [0, 0.05) is 37.7 Å². The van der Waals surface area contributed by atoms with Crippen LogP contribution in [-0.4, -0.2) is 31.0 Å². The summed E-state index contributed by atoms with van der Waals surface area (Å²) in [7, 11) is 1.63. The largest absolute Gasteiger partial charge is 0.497 e. The zero-order chi connectivity index (χ0) is 20.3. The molecule has 2 N–H and O–H groups in total. The van der Waals surface area contributed by atoms with Crippen molar-refractivity contribution in [2.24, 2.45) is 11.7 Å². The van der Waals surface area contributed by atoms with Crippen LogP contribution in [0.2, 0.25) is 10.0 Å². The lowest BCUT2D eigenvalue weighted by atomic mass is 9.92. The van der Waals surface area contributed by atoms with Crippen LogP contribution in [0.1, 0.15) is 30.5 Å². The smallest absolute Gasteiger partial charge is 0.219 e. The van der Waals surface area contributed by atoms with Crippen LogP contribution in [0.25, 0.3) is 0 Å². The average molecular weight is 423 g/mol. The molecule has 1 fully saturated rings. The van der Waals surface area contributed by atoms with Gasteiger partial charge in [-0.05, 0) is 36.1 Å². The van der Waals surface area contributed by atoms with E-state index < -0.39 is 0 Å². The van der Waals surface area contributed by atoms with E-state index in [1.165, 1.54) is 0 Å². The first kappa shape index (κ1) is 20.8. The third kappa shape index (κ3) is 4.72. The van der Waals surface area contributed by atoms with Gasteiger partial charge >= 0.3 is 0 Å². The fourth-order valence-corrected chi connectivity index (χ4v) is 3.76. The number of nitrogens with two attached hydrogens (primary N) is 1. The highest BCUT2D eigenvalue weighted by molar-refractivity contribution is 6.42. The zero-order valence-electron chi connectivity index (χ0n) is 16.0. The third-order valence-corrected chi connectivity index (χ3v) is 5.87. The van der Waals surface area contributed by atoms with E-state index in [0.717, 1.165) is 29.8 Å². The number of likely N-dealkylation sites (tertiary alicyclic amines) is 1. The van der Waals surface area contributed by atoms with E-state index in [4.69, 9.17) is 38.4 Å². The molecule has 28 heavy (non-hydrogen) atoms. The Morgan fingerprint density at radius 1 is 1.25 bits per heavy atom. The summed E-state index contributed by atoms with van der Waals surface area (Å²) in [5.41, 5.74) is 8.35. The molecule has 2 aromatic rings. The van der Waals surface area contributed by atoms with Gasteiger partial charge in [0.05, 0.1) is 17.2 Å². The van der Waals surface area contributed by atoms with Crippen molar-refractivity contribution < 1.29 is 14.3 Å². The van der Waals surface area contributed by atoms with Crippen LogP contribution >= 0.6 is 23.2 Å². The first-order valence-electron chi connectivity index (χ1n) is 9.14. The molecule has 0 saturated carbocycles. The summed E-state index contributed by atoms with van der Waals surface area (Å²) >= 11 is 12.5. The quantitative estimate of drug-likeness (QED) is 0.746. The second-order valence-electron chi connectivity index (χ2n) is 6.98. The van der Waals surface area contributed by atoms with Gasteiger partial charge in [-0.15, -0.1) is 0 Å². The van der Waals surface area contributed by atoms with E-state index in [1.807, 2.05) is 29.2 Å². The number of carbonyl (C=O) groups is 1. The summed E-state index contributed by atoms with van der Waals surface area (Å²) in [6.07, 6.45) is 0.846. The average Bonchev–Trinajstić information content (AvgIpc) is 3.19. The van der Waals surface area contributed by atoms with E-state index in [1.54, 1.807) is 26.2 Å². The van der Waals surface area contributed by atoms with Crippen molar-refractivity contribution in [2.75, 3.05) is 20.2 Å². The molecule has 0 radical (unpaired) electrons. The van der Waals surface area contributed by atoms with Gasteiger partial charge in [-0.2, -0.15) is 0 Å². The topological polar surface area (TPSA) is 64.8 Å². The van der Waals surface area contributed by atoms with E-state index in [0.29, 0.717) is 28.9 Å². The summed E-state index contributed by atoms with van der Waals surface area (Å²) in [6.45, 7) is 3.30. The molecule has 0 aliphatic carbocycles. The lowest BCUT2D eigenvalue weighted by Crippen LogP contribution is -2.29. The van der Waals surface area contributed by atoms with E-state index >= 15 is 0 Å². The molecule has 0 spiro atoms. The molecule has 1 saturated heterocycles. The molecule has 3 rings (SSSR count). The van der Waals surface area contributed by atoms with Crippen molar-refractivity contribution in [1.29, 1.82) is 0 Å². The number of carbonyl (C=O) groups excluding carboxylic acids is 1. The molecule has 5 nitrogen and oxygen atoms in total. The number of hydrogen-bond acceptors (Lipinski definition) is 4. The fourth-order valence-electron chi connectivity index (χ4n) is 3.43. The number of nitrogens with zero attached hydrogens (tertiary/aromatic N) is 1. The number of halogens is 2. The van der Waals surface area contributed by atoms with Gasteiger partial charge in [-0.1, -0.05) is 35.3 Å². The van der Waals surface area contributed by atoms with Crippen molar-refractivity contribution in [3.8, 4) is 11.5 Å². The summed E-state index contributed by atoms with van der Waals surface area (Å²) in [6, 6.07) is 10.8. The highest BCUT2D eigenvalue weighted by atomic mass is 35.5. The van der Waals surface area contributed by atoms with Crippen molar-refractivity contribution in [3.05, 3.63) is 57.6 Å². The molecule has 1 aliphatic rings. The zero-order valence-corrected chi connectivity index (χ0v) is 17.5. The van der Waals surface area contributed by atoms with Gasteiger partial charge in [0.2, 0.25) is 5.91 Å². The van der Waals surface area contributed by atoms with Crippen LogP contribution in [0.3, 0.4) is 0 Å². The maximum absolute atomic E-state index is 11.6. The van der Waals surface area contributed by atoms with Gasteiger partial charge in [0.25, 0.3) is 0 Å². The standard InChI is InChI=1S/C21H24Cl2N2O3/c1-13(26)25-8-7-15(11-25)21(24)17-9-18(22)19(23)10-20(17)28-12-14-3-5-16(27-2)6-4-14/h3-6,9-10,15,21H,7-8,11-12,24H2,1-2H3. The van der Waals surface area contributed by atoms with Gasteiger partial charge in [-0.3, -0.25) is 4.79 Å². The second-order valence-corrected chi connectivity index (χ2v) is 7.79. The Balaban J connectivity index is 1.78. The Labute approximate surface area is 175 Å². The minimum absolute atomic E-state index is 0.0693. The van der Waals surface area contributed by atoms with Gasteiger partial charge in [-0.25, -0.2) is 0 Å². The number of ether oxygens (including phenoxy) is 2. The Morgan fingerprint density at radius 3 is 2.54 bits per heavy atom. The van der Waals surface area contributed by atoms with Crippen LogP contribution in [0.5, 0.6) is 11.5 Å². The highest BCUT2D eigenvalue weighted by Crippen LogP contribution is 2.38. The number of amides is 1. The first-order chi connectivity index (χ1) is 13.4. The van der Waals surface area contributed by atoms with Crippen molar-refractivity contribution in [2.45, 2.75) is 26.0 Å². The van der Waals surface area contributed by atoms with Crippen LogP contribution in [-0.2, 0) is 11.4 Å². The Kier molecular flexibility index (Phi) is 6.70. The molecule has 0 aromatic heterocycles. The third-order valence-electron chi connectivity index (χ3n) is 5.14. The molecule has 2 atom stereocenters. The first-order valence-corrected chi connectivity index (χ1v) is 9.90. The molecule has 1 aliphatic heterocycles. The number of methoxy groups -OCH3 is 1. The molecule has 2 aromatic carbocycles. The lowest BCUT2D eigenvalue weighted by molar-refractivity contribution is -0.127. The maximum Gasteiger partial charge on any atom is 0.219 e. The maximum atomic E-state index is 11.6. The number of benzene rings is 2. The summed E-state index contributed by atoms with van der Waals surface area (Å²) in [5.74, 6) is 1.61. The van der Waals surface area contributed by atoms with Crippen molar-refractivity contribution >= 4 is 29.1 Å². The Bertz CT molecular complexity index is 842. The van der Waals surface area contributed by atoms with Crippen LogP contribution < -0.4 is 15.2 Å². The Morgan fingerprint density at radius 2 is 1.93 bits per heavy atom. The van der Waals surface area contributed by atoms with Gasteiger partial charge in [0.1, 0.15) is 18.1 Å². The SMILES string of the molecule is COc1ccc(COc2cc(Cl)c(Cl)cc2C(N)C2CCN(C(C)=O)C2)cc1. The van der Waals surface area contributed by atoms with E-state index in [2.05, 4.69) is 0 Å². The monoisotopic (exact) mass is 422 g/mol. The molecule has 150 valence electrons. The highest BCUT2D eigenvalue weighted by Gasteiger charge is 2.31. The predicted octanol–water partition coefficient (Wildman–Crippen LogP) is 4.45. The molecule has 7 heteroatoms. The summed E-state index contributed by atoms with van der Waals surface area (Å²) < 4.78 is 11.2. The van der Waals surface area contributed by atoms with Gasteiger partial charge < -0.3 is 20.1 Å². The molecule has 0 bridgehead atoms. The van der Waals surface area contributed by atoms with E-state index in [-0.39, 0.29) is 17.9 Å². The van der Waals surface area contributed by atoms with Crippen molar-refractivity contribution in [3.63, 3.8) is 0 Å². The molecule has 1 amide bonds. The lowest BCUT2D eigenvalue weighted by Gasteiger charge is -2.23. The van der Waals surface area contributed by atoms with Gasteiger partial charge in [0.15, 0.2) is 0 Å². The van der Waals surface area contributed by atoms with Crippen LogP contribution in [0.4, 0.5) is 0 Å². The Hall–Kier alpha value is -1.95. The molecular weight excluding hydrogens is 399 g/mol. The second kappa shape index (κ2) is 9.03. The number of hydrogen-bond donors (Lipinski definition) is 1. The van der Waals surface area contributed by atoms with Crippen molar-refractivity contribution in [1.82, 2.24) is 4.90 Å². The normalized spacial score (nSPS) is 17.5. The summed E-state index contributed by atoms with van der Waals surface area (Å²) in [4.78, 5) is 13.5. The number of rotatable bonds is 6. The molecule has 1 heterocycles. The predicted molar refractivity (Wildman–Crippen MR) is 111 cm³/mol.